The summed E-state index contributed by atoms with van der Waals surface area (Å²) in [6.07, 6.45) is 3.14. The van der Waals surface area contributed by atoms with Gasteiger partial charge in [-0.05, 0) is 25.2 Å². The van der Waals surface area contributed by atoms with Crippen molar-refractivity contribution in [2.45, 2.75) is 45.8 Å². The molecule has 1 aromatic heterocycles. The second-order valence-corrected chi connectivity index (χ2v) is 5.15. The van der Waals surface area contributed by atoms with E-state index in [9.17, 15) is 10.2 Å². The summed E-state index contributed by atoms with van der Waals surface area (Å²) in [6, 6.07) is 1.54. The van der Waals surface area contributed by atoms with E-state index in [1.807, 2.05) is 0 Å². The largest absolute Gasteiger partial charge is 0.492 e. The Hall–Kier alpha value is -1.36. The maximum atomic E-state index is 10.0. The maximum absolute atomic E-state index is 10.0. The molecule has 1 aliphatic rings. The Morgan fingerprint density at radius 2 is 2.22 bits per heavy atom. The average Bonchev–Trinajstić information content (AvgIpc) is 2.58. The fourth-order valence-electron chi connectivity index (χ4n) is 2.12. The molecule has 0 bridgehead atoms. The van der Waals surface area contributed by atoms with Gasteiger partial charge in [0.1, 0.15) is 0 Å². The smallest absolute Gasteiger partial charge is 0.232 e. The van der Waals surface area contributed by atoms with Gasteiger partial charge in [-0.25, -0.2) is 0 Å². The van der Waals surface area contributed by atoms with Gasteiger partial charge in [-0.15, -0.1) is 4.73 Å². The summed E-state index contributed by atoms with van der Waals surface area (Å²) in [5.74, 6) is 0.282. The molecule has 5 nitrogen and oxygen atoms in total. The van der Waals surface area contributed by atoms with E-state index in [-0.39, 0.29) is 11.8 Å². The van der Waals surface area contributed by atoms with Crippen molar-refractivity contribution in [3.8, 4) is 11.8 Å². The van der Waals surface area contributed by atoms with Crippen molar-refractivity contribution in [1.29, 1.82) is 0 Å². The van der Waals surface area contributed by atoms with Gasteiger partial charge in [0.2, 0.25) is 18.1 Å². The highest BCUT2D eigenvalue weighted by Crippen LogP contribution is 2.29. The number of hydrogen-bond acceptors (Lipinski definition) is 4. The van der Waals surface area contributed by atoms with Crippen LogP contribution in [0.1, 0.15) is 38.7 Å². The number of ether oxygens (including phenoxy) is 1. The number of nitrogens with zero attached hydrogens (tertiary/aromatic N) is 1. The molecular weight excluding hydrogens is 234 g/mol. The van der Waals surface area contributed by atoms with Crippen LogP contribution in [-0.2, 0) is 11.2 Å². The summed E-state index contributed by atoms with van der Waals surface area (Å²) in [4.78, 5) is 5.47. The first-order valence-corrected chi connectivity index (χ1v) is 6.49. The van der Waals surface area contributed by atoms with Gasteiger partial charge in [-0.1, -0.05) is 13.8 Å². The molecule has 0 aromatic carbocycles. The quantitative estimate of drug-likeness (QED) is 0.864. The molecule has 18 heavy (non-hydrogen) atoms. The van der Waals surface area contributed by atoms with Crippen LogP contribution < -0.4 is 4.84 Å². The van der Waals surface area contributed by atoms with Gasteiger partial charge in [-0.3, -0.25) is 0 Å². The zero-order chi connectivity index (χ0) is 13.1. The zero-order valence-electron chi connectivity index (χ0n) is 10.9. The summed E-state index contributed by atoms with van der Waals surface area (Å²) < 4.78 is 6.48. The normalized spacial score (nSPS) is 20.3. The highest BCUT2D eigenvalue weighted by Gasteiger charge is 2.21. The molecule has 1 aliphatic heterocycles. The van der Waals surface area contributed by atoms with E-state index in [0.29, 0.717) is 24.5 Å². The first-order valence-electron chi connectivity index (χ1n) is 6.49. The molecule has 2 heterocycles. The van der Waals surface area contributed by atoms with Gasteiger partial charge in [0, 0.05) is 18.1 Å². The lowest BCUT2D eigenvalue weighted by Crippen LogP contribution is -2.30. The predicted molar refractivity (Wildman–Crippen MR) is 66.5 cm³/mol. The number of rotatable bonds is 4. The molecule has 5 heteroatoms. The molecule has 1 atom stereocenters. The molecule has 1 saturated heterocycles. The van der Waals surface area contributed by atoms with E-state index in [1.54, 1.807) is 0 Å². The van der Waals surface area contributed by atoms with E-state index in [4.69, 9.17) is 9.57 Å². The molecule has 1 fully saturated rings. The molecule has 0 amide bonds. The molecule has 102 valence electrons. The third-order valence-corrected chi connectivity index (χ3v) is 2.98. The van der Waals surface area contributed by atoms with E-state index in [2.05, 4.69) is 13.8 Å². The minimum absolute atomic E-state index is 0.0321. The van der Waals surface area contributed by atoms with Crippen LogP contribution in [0, 0.1) is 5.92 Å². The highest BCUT2D eigenvalue weighted by molar-refractivity contribution is 5.34. The molecule has 1 aromatic rings. The Balaban J connectivity index is 2.09. The summed E-state index contributed by atoms with van der Waals surface area (Å²) in [7, 11) is 0. The maximum Gasteiger partial charge on any atom is 0.232 e. The SMILES string of the molecule is CC(C)Cc1cc(O)n(OC2CCCCO2)c1O. The van der Waals surface area contributed by atoms with Crippen LogP contribution in [0.3, 0.4) is 0 Å². The van der Waals surface area contributed by atoms with E-state index in [1.165, 1.54) is 6.07 Å². The van der Waals surface area contributed by atoms with Gasteiger partial charge in [0.25, 0.3) is 0 Å². The van der Waals surface area contributed by atoms with Crippen LogP contribution >= 0.6 is 0 Å². The lowest BCUT2D eigenvalue weighted by molar-refractivity contribution is -0.169. The zero-order valence-corrected chi connectivity index (χ0v) is 10.9. The van der Waals surface area contributed by atoms with Crippen LogP contribution in [0.4, 0.5) is 0 Å². The molecule has 0 aliphatic carbocycles. The van der Waals surface area contributed by atoms with Crippen molar-refractivity contribution in [3.05, 3.63) is 11.6 Å². The first kappa shape index (κ1) is 13.1. The summed E-state index contributed by atoms with van der Waals surface area (Å²) in [6.45, 7) is 4.77. The van der Waals surface area contributed by atoms with E-state index in [0.717, 1.165) is 24.0 Å². The van der Waals surface area contributed by atoms with Gasteiger partial charge < -0.3 is 19.8 Å². The molecule has 2 N–H and O–H groups in total. The number of aromatic nitrogens is 1. The van der Waals surface area contributed by atoms with Crippen LogP contribution in [0.2, 0.25) is 0 Å². The van der Waals surface area contributed by atoms with Crippen molar-refractivity contribution in [2.75, 3.05) is 6.61 Å². The lowest BCUT2D eigenvalue weighted by Gasteiger charge is -2.23. The van der Waals surface area contributed by atoms with E-state index >= 15 is 0 Å². The highest BCUT2D eigenvalue weighted by atomic mass is 16.8. The molecule has 2 rings (SSSR count). The third kappa shape index (κ3) is 2.90. The molecule has 0 spiro atoms. The Kier molecular flexibility index (Phi) is 4.01. The van der Waals surface area contributed by atoms with E-state index < -0.39 is 6.29 Å². The number of hydrogen-bond donors (Lipinski definition) is 2. The minimum Gasteiger partial charge on any atom is -0.492 e. The van der Waals surface area contributed by atoms with Crippen LogP contribution in [0.25, 0.3) is 0 Å². The summed E-state index contributed by atoms with van der Waals surface area (Å²) >= 11 is 0. The Morgan fingerprint density at radius 1 is 1.44 bits per heavy atom. The van der Waals surface area contributed by atoms with Gasteiger partial charge in [0.05, 0.1) is 6.61 Å². The summed E-state index contributed by atoms with van der Waals surface area (Å²) in [5.41, 5.74) is 0.693. The van der Waals surface area contributed by atoms with Crippen LogP contribution in [-0.4, -0.2) is 27.8 Å². The van der Waals surface area contributed by atoms with Crippen molar-refractivity contribution in [2.24, 2.45) is 5.92 Å². The fourth-order valence-corrected chi connectivity index (χ4v) is 2.12. The third-order valence-electron chi connectivity index (χ3n) is 2.98. The van der Waals surface area contributed by atoms with Crippen molar-refractivity contribution in [3.63, 3.8) is 0 Å². The first-order chi connectivity index (χ1) is 8.58. The Bertz CT molecular complexity index is 394. The average molecular weight is 255 g/mol. The van der Waals surface area contributed by atoms with Gasteiger partial charge in [-0.2, -0.15) is 0 Å². The Labute approximate surface area is 107 Å². The second-order valence-electron chi connectivity index (χ2n) is 5.15. The monoisotopic (exact) mass is 255 g/mol. The standard InChI is InChI=1S/C13H21NO4/c1-9(2)7-10-8-11(15)14(13(10)16)18-12-5-3-4-6-17-12/h8-9,12,15-16H,3-7H2,1-2H3. The van der Waals surface area contributed by atoms with Crippen molar-refractivity contribution < 1.29 is 19.8 Å². The summed E-state index contributed by atoms with van der Waals surface area (Å²) in [5, 5.41) is 19.8. The predicted octanol–water partition coefficient (Wildman–Crippen LogP) is 2.05. The van der Waals surface area contributed by atoms with Gasteiger partial charge >= 0.3 is 0 Å². The minimum atomic E-state index is -0.394. The van der Waals surface area contributed by atoms with Crippen molar-refractivity contribution in [1.82, 2.24) is 4.73 Å². The second kappa shape index (κ2) is 5.52. The molecule has 0 radical (unpaired) electrons. The topological polar surface area (TPSA) is 63.9 Å². The fraction of sp³-hybridized carbons (Fsp3) is 0.692. The Morgan fingerprint density at radius 3 is 2.83 bits per heavy atom. The van der Waals surface area contributed by atoms with Crippen molar-refractivity contribution >= 4 is 0 Å². The molecule has 1 unspecified atom stereocenters. The van der Waals surface area contributed by atoms with Crippen LogP contribution in [0.5, 0.6) is 11.8 Å². The number of aromatic hydroxyl groups is 2. The van der Waals surface area contributed by atoms with Crippen LogP contribution in [0.15, 0.2) is 6.07 Å². The van der Waals surface area contributed by atoms with Gasteiger partial charge in [0.15, 0.2) is 0 Å². The molecule has 0 saturated carbocycles. The molecular formula is C13H21NO4. The lowest BCUT2D eigenvalue weighted by atomic mass is 10.1.